The fraction of sp³-hybridized carbons (Fsp3) is 0.333. The van der Waals surface area contributed by atoms with Crippen molar-refractivity contribution < 1.29 is 9.59 Å². The Morgan fingerprint density at radius 2 is 1.91 bits per heavy atom. The smallest absolute Gasteiger partial charge is 0.309 e. The van der Waals surface area contributed by atoms with Gasteiger partial charge in [0.15, 0.2) is 0 Å². The molecule has 0 saturated carbocycles. The second kappa shape index (κ2) is 6.84. The molecular weight excluding hydrogens is 284 g/mol. The number of nitrogens with one attached hydrogen (secondary N) is 3. The van der Waals surface area contributed by atoms with Crippen molar-refractivity contribution >= 4 is 22.6 Å². The van der Waals surface area contributed by atoms with Crippen molar-refractivity contribution in [3.8, 4) is 0 Å². The van der Waals surface area contributed by atoms with Gasteiger partial charge in [-0.05, 0) is 19.4 Å². The summed E-state index contributed by atoms with van der Waals surface area (Å²) in [6.45, 7) is 3.80. The standard InChI is InChI=1S/C15H18N4O3/c1-3-9(2)17-15(22)14(21)16-8-12-10-6-4-5-7-11(10)13(20)19-18-12/h4-7,9H,3,8H2,1-2H3,(H,16,21)(H,17,22)(H,19,20). The van der Waals surface area contributed by atoms with Gasteiger partial charge in [-0.2, -0.15) is 5.10 Å². The second-order valence-electron chi connectivity index (χ2n) is 5.01. The summed E-state index contributed by atoms with van der Waals surface area (Å²) in [6.07, 6.45) is 0.741. The van der Waals surface area contributed by atoms with Crippen LogP contribution in [-0.2, 0) is 16.1 Å². The molecule has 7 nitrogen and oxygen atoms in total. The maximum atomic E-state index is 11.7. The SMILES string of the molecule is CCC(C)NC(=O)C(=O)NCc1n[nH]c(=O)c2ccccc12. The summed E-state index contributed by atoms with van der Waals surface area (Å²) in [6, 6.07) is 6.89. The molecule has 1 atom stereocenters. The van der Waals surface area contributed by atoms with Crippen molar-refractivity contribution in [1.29, 1.82) is 0 Å². The molecule has 1 unspecified atom stereocenters. The highest BCUT2D eigenvalue weighted by Crippen LogP contribution is 2.11. The Labute approximate surface area is 127 Å². The number of aromatic nitrogens is 2. The van der Waals surface area contributed by atoms with E-state index >= 15 is 0 Å². The zero-order valence-corrected chi connectivity index (χ0v) is 12.5. The van der Waals surface area contributed by atoms with Gasteiger partial charge in [0.05, 0.1) is 17.6 Å². The number of hydrogen-bond acceptors (Lipinski definition) is 4. The number of H-pyrrole nitrogens is 1. The molecule has 22 heavy (non-hydrogen) atoms. The van der Waals surface area contributed by atoms with E-state index in [1.165, 1.54) is 0 Å². The lowest BCUT2D eigenvalue weighted by molar-refractivity contribution is -0.139. The maximum Gasteiger partial charge on any atom is 0.309 e. The van der Waals surface area contributed by atoms with E-state index in [0.717, 1.165) is 6.42 Å². The van der Waals surface area contributed by atoms with Gasteiger partial charge in [0, 0.05) is 11.4 Å². The number of amides is 2. The normalized spacial score (nSPS) is 11.9. The molecule has 1 heterocycles. The van der Waals surface area contributed by atoms with Crippen LogP contribution in [0.3, 0.4) is 0 Å². The summed E-state index contributed by atoms with van der Waals surface area (Å²) in [5.74, 6) is -1.40. The van der Waals surface area contributed by atoms with Crippen LogP contribution >= 0.6 is 0 Å². The summed E-state index contributed by atoms with van der Waals surface area (Å²) >= 11 is 0. The van der Waals surface area contributed by atoms with Gasteiger partial charge in [-0.15, -0.1) is 0 Å². The van der Waals surface area contributed by atoms with Crippen LogP contribution < -0.4 is 16.2 Å². The Hall–Kier alpha value is -2.70. The van der Waals surface area contributed by atoms with Crippen molar-refractivity contribution in [2.75, 3.05) is 0 Å². The topological polar surface area (TPSA) is 104 Å². The van der Waals surface area contributed by atoms with Crippen molar-refractivity contribution in [2.45, 2.75) is 32.9 Å². The highest BCUT2D eigenvalue weighted by atomic mass is 16.2. The molecule has 0 bridgehead atoms. The van der Waals surface area contributed by atoms with E-state index < -0.39 is 11.8 Å². The Kier molecular flexibility index (Phi) is 4.88. The summed E-state index contributed by atoms with van der Waals surface area (Å²) in [5.41, 5.74) is 0.208. The number of benzene rings is 1. The minimum atomic E-state index is -0.725. The molecule has 0 saturated heterocycles. The highest BCUT2D eigenvalue weighted by molar-refractivity contribution is 6.35. The molecule has 2 aromatic rings. The highest BCUT2D eigenvalue weighted by Gasteiger charge is 2.16. The summed E-state index contributed by atoms with van der Waals surface area (Å²) in [7, 11) is 0. The van der Waals surface area contributed by atoms with Crippen LogP contribution in [0.4, 0.5) is 0 Å². The largest absolute Gasteiger partial charge is 0.345 e. The van der Waals surface area contributed by atoms with Crippen LogP contribution in [0.5, 0.6) is 0 Å². The second-order valence-corrected chi connectivity index (χ2v) is 5.01. The average molecular weight is 302 g/mol. The predicted molar refractivity (Wildman–Crippen MR) is 82.1 cm³/mol. The number of carbonyl (C=O) groups is 2. The molecule has 0 fully saturated rings. The van der Waals surface area contributed by atoms with Gasteiger partial charge in [-0.25, -0.2) is 5.10 Å². The number of fused-ring (bicyclic) bond motifs is 1. The van der Waals surface area contributed by atoms with Crippen LogP contribution in [0.1, 0.15) is 26.0 Å². The van der Waals surface area contributed by atoms with Crippen LogP contribution in [-0.4, -0.2) is 28.1 Å². The van der Waals surface area contributed by atoms with E-state index in [9.17, 15) is 14.4 Å². The maximum absolute atomic E-state index is 11.7. The molecule has 1 aromatic carbocycles. The quantitative estimate of drug-likeness (QED) is 0.713. The van der Waals surface area contributed by atoms with Crippen molar-refractivity contribution in [3.63, 3.8) is 0 Å². The van der Waals surface area contributed by atoms with E-state index in [1.807, 2.05) is 13.8 Å². The Morgan fingerprint density at radius 3 is 2.59 bits per heavy atom. The van der Waals surface area contributed by atoms with Gasteiger partial charge < -0.3 is 10.6 Å². The minimum absolute atomic E-state index is 0.0596. The summed E-state index contributed by atoms with van der Waals surface area (Å²) < 4.78 is 0. The first-order valence-corrected chi connectivity index (χ1v) is 7.08. The first-order valence-electron chi connectivity index (χ1n) is 7.08. The molecule has 116 valence electrons. The number of nitrogens with zero attached hydrogens (tertiary/aromatic N) is 1. The fourth-order valence-corrected chi connectivity index (χ4v) is 1.94. The van der Waals surface area contributed by atoms with Gasteiger partial charge in [0.25, 0.3) is 5.56 Å². The summed E-state index contributed by atoms with van der Waals surface area (Å²) in [5, 5.41) is 12.5. The van der Waals surface area contributed by atoms with Crippen molar-refractivity contribution in [2.24, 2.45) is 0 Å². The molecule has 0 spiro atoms. The van der Waals surface area contributed by atoms with E-state index in [0.29, 0.717) is 16.5 Å². The van der Waals surface area contributed by atoms with Gasteiger partial charge in [-0.1, -0.05) is 25.1 Å². The van der Waals surface area contributed by atoms with Crippen LogP contribution in [0, 0.1) is 0 Å². The lowest BCUT2D eigenvalue weighted by Gasteiger charge is -2.11. The van der Waals surface area contributed by atoms with Crippen molar-refractivity contribution in [3.05, 3.63) is 40.3 Å². The molecule has 7 heteroatoms. The monoisotopic (exact) mass is 302 g/mol. The van der Waals surface area contributed by atoms with Crippen LogP contribution in [0.2, 0.25) is 0 Å². The predicted octanol–water partition coefficient (Wildman–Crippen LogP) is 0.454. The number of carbonyl (C=O) groups excluding carboxylic acids is 2. The summed E-state index contributed by atoms with van der Waals surface area (Å²) in [4.78, 5) is 35.1. The van der Waals surface area contributed by atoms with Gasteiger partial charge >= 0.3 is 11.8 Å². The zero-order chi connectivity index (χ0) is 16.1. The molecule has 0 aliphatic rings. The van der Waals surface area contributed by atoms with Gasteiger partial charge in [0.1, 0.15) is 0 Å². The molecule has 3 N–H and O–H groups in total. The molecule has 0 aliphatic heterocycles. The zero-order valence-electron chi connectivity index (χ0n) is 12.5. The number of rotatable bonds is 4. The Bertz CT molecular complexity index is 754. The lowest BCUT2D eigenvalue weighted by Crippen LogP contribution is -2.43. The molecule has 2 rings (SSSR count). The first-order chi connectivity index (χ1) is 10.5. The van der Waals surface area contributed by atoms with E-state index in [4.69, 9.17) is 0 Å². The van der Waals surface area contributed by atoms with Gasteiger partial charge in [0.2, 0.25) is 0 Å². The van der Waals surface area contributed by atoms with Crippen LogP contribution in [0.15, 0.2) is 29.1 Å². The number of aromatic amines is 1. The van der Waals surface area contributed by atoms with E-state index in [2.05, 4.69) is 20.8 Å². The van der Waals surface area contributed by atoms with E-state index in [1.54, 1.807) is 24.3 Å². The first kappa shape index (κ1) is 15.7. The molecule has 2 amide bonds. The van der Waals surface area contributed by atoms with Gasteiger partial charge in [-0.3, -0.25) is 14.4 Å². The third-order valence-electron chi connectivity index (χ3n) is 3.39. The molecule has 0 aliphatic carbocycles. The lowest BCUT2D eigenvalue weighted by atomic mass is 10.1. The Morgan fingerprint density at radius 1 is 1.23 bits per heavy atom. The third-order valence-corrected chi connectivity index (χ3v) is 3.39. The van der Waals surface area contributed by atoms with E-state index in [-0.39, 0.29) is 18.1 Å². The molecule has 1 aromatic heterocycles. The average Bonchev–Trinajstić information content (AvgIpc) is 2.54. The van der Waals surface area contributed by atoms with Crippen molar-refractivity contribution in [1.82, 2.24) is 20.8 Å². The third kappa shape index (κ3) is 3.49. The molecular formula is C15H18N4O3. The van der Waals surface area contributed by atoms with Crippen LogP contribution in [0.25, 0.3) is 10.8 Å². The molecule has 0 radical (unpaired) electrons. The minimum Gasteiger partial charge on any atom is -0.345 e. The Balaban J connectivity index is 2.09. The fourth-order valence-electron chi connectivity index (χ4n) is 1.94. The number of hydrogen-bond donors (Lipinski definition) is 3.